The number of aliphatic hydroxyl groups excluding tert-OH is 1. The maximum atomic E-state index is 10.8. The first-order valence-corrected chi connectivity index (χ1v) is 4.33. The minimum atomic E-state index is -1.16. The fourth-order valence-electron chi connectivity index (χ4n) is 0.990. The molecule has 0 spiro atoms. The molecule has 0 bridgehead atoms. The van der Waals surface area contributed by atoms with Gasteiger partial charge < -0.3 is 9.84 Å². The number of Topliss-reactive ketones (excluding diaryl/α,β-unsaturated/α-hetero) is 1. The Morgan fingerprint density at radius 3 is 2.53 bits per heavy atom. The van der Waals surface area contributed by atoms with Gasteiger partial charge in [-0.25, -0.2) is 0 Å². The summed E-state index contributed by atoms with van der Waals surface area (Å²) in [6.45, 7) is 2.26. The molecule has 0 saturated carbocycles. The van der Waals surface area contributed by atoms with Crippen molar-refractivity contribution in [2.24, 2.45) is 5.11 Å². The Morgan fingerprint density at radius 2 is 2.13 bits per heavy atom. The van der Waals surface area contributed by atoms with Gasteiger partial charge in [0.15, 0.2) is 0 Å². The van der Waals surface area contributed by atoms with Crippen LogP contribution in [0.4, 0.5) is 0 Å². The molecule has 0 amide bonds. The summed E-state index contributed by atoms with van der Waals surface area (Å²) in [7, 11) is 0. The van der Waals surface area contributed by atoms with Crippen molar-refractivity contribution in [2.75, 3.05) is 6.54 Å². The minimum Gasteiger partial charge on any atom is -0.459 e. The summed E-state index contributed by atoms with van der Waals surface area (Å²) in [5.41, 5.74) is 8.03. The second-order valence-electron chi connectivity index (χ2n) is 3.03. The summed E-state index contributed by atoms with van der Waals surface area (Å²) in [6.07, 6.45) is -2.21. The van der Waals surface area contributed by atoms with Gasteiger partial charge in [-0.2, -0.15) is 0 Å². The highest BCUT2D eigenvalue weighted by molar-refractivity contribution is 5.76. The molecular weight excluding hydrogens is 202 g/mol. The van der Waals surface area contributed by atoms with E-state index in [4.69, 9.17) is 10.3 Å². The number of nitrogens with zero attached hydrogens (tertiary/aromatic N) is 3. The number of azide groups is 1. The molecule has 15 heavy (non-hydrogen) atoms. The maximum absolute atomic E-state index is 10.8. The summed E-state index contributed by atoms with van der Waals surface area (Å²) in [6, 6.07) is 0. The van der Waals surface area contributed by atoms with Crippen molar-refractivity contribution in [1.29, 1.82) is 0 Å². The first-order valence-electron chi connectivity index (χ1n) is 4.33. The Labute approximate surface area is 86.7 Å². The Morgan fingerprint density at radius 1 is 1.53 bits per heavy atom. The second kappa shape index (κ2) is 6.80. The van der Waals surface area contributed by atoms with Crippen LogP contribution in [0.3, 0.4) is 0 Å². The molecule has 7 nitrogen and oxygen atoms in total. The van der Waals surface area contributed by atoms with Crippen molar-refractivity contribution in [3.05, 3.63) is 10.4 Å². The molecule has 0 aromatic carbocycles. The van der Waals surface area contributed by atoms with E-state index < -0.39 is 18.2 Å². The molecule has 0 rings (SSSR count). The monoisotopic (exact) mass is 215 g/mol. The number of esters is 1. The zero-order valence-corrected chi connectivity index (χ0v) is 8.58. The van der Waals surface area contributed by atoms with Crippen molar-refractivity contribution in [1.82, 2.24) is 0 Å². The van der Waals surface area contributed by atoms with Crippen LogP contribution in [0.25, 0.3) is 10.4 Å². The summed E-state index contributed by atoms with van der Waals surface area (Å²) in [5, 5.41) is 12.6. The van der Waals surface area contributed by atoms with Crippen LogP contribution in [0.1, 0.15) is 20.3 Å². The minimum absolute atomic E-state index is 0.0955. The summed E-state index contributed by atoms with van der Waals surface area (Å²) >= 11 is 0. The fraction of sp³-hybridized carbons (Fsp3) is 0.750. The smallest absolute Gasteiger partial charge is 0.303 e. The van der Waals surface area contributed by atoms with E-state index in [1.165, 1.54) is 13.8 Å². The van der Waals surface area contributed by atoms with Gasteiger partial charge in [-0.3, -0.25) is 9.59 Å². The van der Waals surface area contributed by atoms with Crippen LogP contribution in [0.2, 0.25) is 0 Å². The number of aliphatic hydroxyl groups is 1. The van der Waals surface area contributed by atoms with E-state index in [0.717, 1.165) is 0 Å². The normalized spacial score (nSPS) is 13.5. The average molecular weight is 215 g/mol. The zero-order valence-electron chi connectivity index (χ0n) is 8.58. The van der Waals surface area contributed by atoms with Gasteiger partial charge in [-0.05, 0) is 12.5 Å². The second-order valence-corrected chi connectivity index (χ2v) is 3.03. The molecule has 2 atom stereocenters. The van der Waals surface area contributed by atoms with E-state index in [1.54, 1.807) is 0 Å². The number of hydrogen-bond acceptors (Lipinski definition) is 5. The molecule has 7 heteroatoms. The van der Waals surface area contributed by atoms with Crippen molar-refractivity contribution in [3.63, 3.8) is 0 Å². The van der Waals surface area contributed by atoms with E-state index >= 15 is 0 Å². The van der Waals surface area contributed by atoms with Crippen LogP contribution >= 0.6 is 0 Å². The van der Waals surface area contributed by atoms with Crippen molar-refractivity contribution < 1.29 is 19.4 Å². The molecule has 0 aliphatic rings. The average Bonchev–Trinajstić information content (AvgIpc) is 2.11. The van der Waals surface area contributed by atoms with Crippen LogP contribution in [-0.4, -0.2) is 35.6 Å². The van der Waals surface area contributed by atoms with Crippen LogP contribution in [0.5, 0.6) is 0 Å². The van der Waals surface area contributed by atoms with Crippen molar-refractivity contribution in [3.8, 4) is 0 Å². The zero-order chi connectivity index (χ0) is 11.8. The first kappa shape index (κ1) is 13.4. The number of hydrogen-bond donors (Lipinski definition) is 1. The Bertz CT molecular complexity index is 270. The quantitative estimate of drug-likeness (QED) is 0.302. The van der Waals surface area contributed by atoms with E-state index in [2.05, 4.69) is 10.0 Å². The first-order chi connectivity index (χ1) is 6.97. The van der Waals surface area contributed by atoms with Crippen molar-refractivity contribution in [2.45, 2.75) is 32.5 Å². The van der Waals surface area contributed by atoms with Gasteiger partial charge in [0.25, 0.3) is 0 Å². The molecule has 0 aromatic heterocycles. The molecule has 0 radical (unpaired) electrons. The van der Waals surface area contributed by atoms with E-state index in [-0.39, 0.29) is 18.7 Å². The third-order valence-corrected chi connectivity index (χ3v) is 1.57. The van der Waals surface area contributed by atoms with E-state index in [1.807, 2.05) is 0 Å². The van der Waals surface area contributed by atoms with Gasteiger partial charge in [-0.1, -0.05) is 5.11 Å². The Kier molecular flexibility index (Phi) is 6.08. The van der Waals surface area contributed by atoms with Gasteiger partial charge in [0.2, 0.25) is 0 Å². The van der Waals surface area contributed by atoms with Gasteiger partial charge in [-0.15, -0.1) is 0 Å². The topological polar surface area (TPSA) is 112 Å². The van der Waals surface area contributed by atoms with Crippen LogP contribution in [-0.2, 0) is 14.3 Å². The van der Waals surface area contributed by atoms with E-state index in [9.17, 15) is 14.7 Å². The van der Waals surface area contributed by atoms with Crippen molar-refractivity contribution >= 4 is 11.8 Å². The predicted octanol–water partition coefficient (Wildman–Crippen LogP) is 0.568. The van der Waals surface area contributed by atoms with Gasteiger partial charge in [0.05, 0.1) is 12.6 Å². The molecule has 84 valence electrons. The van der Waals surface area contributed by atoms with Gasteiger partial charge in [0.1, 0.15) is 11.9 Å². The highest BCUT2D eigenvalue weighted by atomic mass is 16.6. The number of carbonyl (C=O) groups excluding carboxylic acids is 2. The number of ether oxygens (including phenoxy) is 1. The Hall–Kier alpha value is -1.59. The maximum Gasteiger partial charge on any atom is 0.303 e. The third kappa shape index (κ3) is 6.48. The number of ketones is 1. The molecule has 0 aliphatic carbocycles. The lowest BCUT2D eigenvalue weighted by atomic mass is 10.1. The highest BCUT2D eigenvalue weighted by Crippen LogP contribution is 2.07. The fourth-order valence-corrected chi connectivity index (χ4v) is 0.990. The largest absolute Gasteiger partial charge is 0.459 e. The molecule has 0 unspecified atom stereocenters. The van der Waals surface area contributed by atoms with Crippen LogP contribution in [0.15, 0.2) is 5.11 Å². The number of carbonyl (C=O) groups is 2. The Balaban J connectivity index is 4.38. The van der Waals surface area contributed by atoms with Gasteiger partial charge in [0, 0.05) is 18.3 Å². The molecular formula is C8H13N3O4. The highest BCUT2D eigenvalue weighted by Gasteiger charge is 2.23. The number of rotatable bonds is 6. The third-order valence-electron chi connectivity index (χ3n) is 1.57. The molecule has 1 N–H and O–H groups in total. The van der Waals surface area contributed by atoms with E-state index in [0.29, 0.717) is 0 Å². The van der Waals surface area contributed by atoms with Crippen LogP contribution < -0.4 is 0 Å². The summed E-state index contributed by atoms with van der Waals surface area (Å²) in [4.78, 5) is 23.9. The van der Waals surface area contributed by atoms with Gasteiger partial charge >= 0.3 is 5.97 Å². The lowest BCUT2D eigenvalue weighted by Crippen LogP contribution is -2.34. The van der Waals surface area contributed by atoms with Crippen LogP contribution in [0, 0.1) is 0 Å². The summed E-state index contributed by atoms with van der Waals surface area (Å²) in [5.74, 6) is -0.817. The molecule has 0 saturated heterocycles. The SMILES string of the molecule is CC(=O)C[C@H](OC(C)=O)[C@H](O)CN=[N+]=[N-]. The lowest BCUT2D eigenvalue weighted by Gasteiger charge is -2.19. The predicted molar refractivity (Wildman–Crippen MR) is 50.9 cm³/mol. The molecule has 0 aliphatic heterocycles. The molecule has 0 heterocycles. The lowest BCUT2D eigenvalue weighted by molar-refractivity contribution is -0.153. The summed E-state index contributed by atoms with van der Waals surface area (Å²) < 4.78 is 4.73. The molecule has 0 aromatic rings. The standard InChI is InChI=1S/C8H13N3O4/c1-5(12)3-8(15-6(2)13)7(14)4-10-11-9/h7-8,14H,3-4H2,1-2H3/t7-,8+/m1/s1. The molecule has 0 fully saturated rings.